The van der Waals surface area contributed by atoms with Gasteiger partial charge in [0, 0.05) is 56.1 Å². The number of aryl methyl sites for hydroxylation is 1. The normalized spacial score (nSPS) is 11.1. The van der Waals surface area contributed by atoms with E-state index < -0.39 is 4.92 Å². The van der Waals surface area contributed by atoms with Gasteiger partial charge in [0.1, 0.15) is 0 Å². The topological polar surface area (TPSA) is 76.2 Å². The molecule has 124 valence electrons. The number of hydrogen-bond acceptors (Lipinski definition) is 5. The zero-order valence-corrected chi connectivity index (χ0v) is 13.8. The monoisotopic (exact) mass is 317 g/mol. The number of aromatic nitrogens is 2. The van der Waals surface area contributed by atoms with E-state index in [9.17, 15) is 10.1 Å². The molecule has 0 saturated carbocycles. The van der Waals surface area contributed by atoms with Crippen LogP contribution < -0.4 is 5.32 Å². The second kappa shape index (κ2) is 7.85. The van der Waals surface area contributed by atoms with Gasteiger partial charge in [-0.2, -0.15) is 5.10 Å². The predicted molar refractivity (Wildman–Crippen MR) is 90.2 cm³/mol. The summed E-state index contributed by atoms with van der Waals surface area (Å²) < 4.78 is 1.77. The van der Waals surface area contributed by atoms with Gasteiger partial charge in [-0.25, -0.2) is 0 Å². The summed E-state index contributed by atoms with van der Waals surface area (Å²) in [7, 11) is 3.97. The molecule has 0 spiro atoms. The Kier molecular flexibility index (Phi) is 5.84. The van der Waals surface area contributed by atoms with Gasteiger partial charge in [-0.3, -0.25) is 14.8 Å². The Bertz CT molecular complexity index is 651. The number of nitrogens with zero attached hydrogens (tertiary/aromatic N) is 4. The summed E-state index contributed by atoms with van der Waals surface area (Å²) in [6, 6.07) is 6.51. The van der Waals surface area contributed by atoms with Gasteiger partial charge in [0.15, 0.2) is 0 Å². The molecular weight excluding hydrogens is 294 g/mol. The Morgan fingerprint density at radius 2 is 2.04 bits per heavy atom. The van der Waals surface area contributed by atoms with Gasteiger partial charge in [0.25, 0.3) is 5.69 Å². The minimum atomic E-state index is -0.394. The van der Waals surface area contributed by atoms with E-state index in [-0.39, 0.29) is 5.69 Å². The summed E-state index contributed by atoms with van der Waals surface area (Å²) in [6.45, 7) is 5.77. The minimum Gasteiger partial charge on any atom is -0.311 e. The molecule has 2 rings (SSSR count). The van der Waals surface area contributed by atoms with Crippen molar-refractivity contribution < 1.29 is 4.92 Å². The van der Waals surface area contributed by atoms with Crippen molar-refractivity contribution in [3.63, 3.8) is 0 Å². The smallest absolute Gasteiger partial charge is 0.269 e. The molecule has 0 unspecified atom stereocenters. The standard InChI is InChI=1S/C16H23N5O2/c1-4-19(2)10-9-17-11-14-12-20(3)18-16(14)13-5-7-15(8-6-13)21(22)23/h5-8,12,17H,4,9-11H2,1-3H3. The van der Waals surface area contributed by atoms with Crippen molar-refractivity contribution in [2.75, 3.05) is 26.7 Å². The first-order chi connectivity index (χ1) is 11.0. The maximum absolute atomic E-state index is 10.7. The van der Waals surface area contributed by atoms with Gasteiger partial charge in [-0.1, -0.05) is 6.92 Å². The molecule has 1 aromatic heterocycles. The summed E-state index contributed by atoms with van der Waals surface area (Å²) in [6.07, 6.45) is 1.98. The molecule has 7 nitrogen and oxygen atoms in total. The van der Waals surface area contributed by atoms with Crippen molar-refractivity contribution in [1.29, 1.82) is 0 Å². The Hall–Kier alpha value is -2.25. The van der Waals surface area contributed by atoms with Crippen LogP contribution in [0.2, 0.25) is 0 Å². The van der Waals surface area contributed by atoms with Gasteiger partial charge in [-0.15, -0.1) is 0 Å². The van der Waals surface area contributed by atoms with E-state index >= 15 is 0 Å². The van der Waals surface area contributed by atoms with Crippen molar-refractivity contribution in [2.45, 2.75) is 13.5 Å². The number of hydrogen-bond donors (Lipinski definition) is 1. The van der Waals surface area contributed by atoms with Crippen LogP contribution in [-0.2, 0) is 13.6 Å². The number of benzene rings is 1. The van der Waals surface area contributed by atoms with E-state index in [0.717, 1.165) is 43.0 Å². The molecule has 0 atom stereocenters. The minimum absolute atomic E-state index is 0.0898. The summed E-state index contributed by atoms with van der Waals surface area (Å²) in [5.41, 5.74) is 2.92. The van der Waals surface area contributed by atoms with Crippen LogP contribution in [0.25, 0.3) is 11.3 Å². The molecule has 7 heteroatoms. The molecule has 0 aliphatic rings. The van der Waals surface area contributed by atoms with Crippen LogP contribution in [0.1, 0.15) is 12.5 Å². The number of likely N-dealkylation sites (N-methyl/N-ethyl adjacent to an activating group) is 1. The van der Waals surface area contributed by atoms with E-state index in [1.54, 1.807) is 16.8 Å². The largest absolute Gasteiger partial charge is 0.311 e. The third kappa shape index (κ3) is 4.61. The molecule has 0 amide bonds. The van der Waals surface area contributed by atoms with Crippen LogP contribution in [-0.4, -0.2) is 46.3 Å². The highest BCUT2D eigenvalue weighted by Gasteiger charge is 2.12. The number of non-ortho nitro benzene ring substituents is 1. The quantitative estimate of drug-likeness (QED) is 0.458. The van der Waals surface area contributed by atoms with Crippen molar-refractivity contribution >= 4 is 5.69 Å². The number of nitro benzene ring substituents is 1. The summed E-state index contributed by atoms with van der Waals surface area (Å²) in [5.74, 6) is 0. The van der Waals surface area contributed by atoms with E-state index in [0.29, 0.717) is 0 Å². The summed E-state index contributed by atoms with van der Waals surface area (Å²) >= 11 is 0. The first-order valence-electron chi connectivity index (χ1n) is 7.68. The average Bonchev–Trinajstić information content (AvgIpc) is 2.92. The van der Waals surface area contributed by atoms with Gasteiger partial charge in [-0.05, 0) is 25.7 Å². The van der Waals surface area contributed by atoms with Crippen molar-refractivity contribution in [3.8, 4) is 11.3 Å². The lowest BCUT2D eigenvalue weighted by atomic mass is 10.1. The lowest BCUT2D eigenvalue weighted by molar-refractivity contribution is -0.384. The summed E-state index contributed by atoms with van der Waals surface area (Å²) in [4.78, 5) is 12.6. The molecule has 0 aliphatic carbocycles. The van der Waals surface area contributed by atoms with Gasteiger partial charge in [0.2, 0.25) is 0 Å². The van der Waals surface area contributed by atoms with Gasteiger partial charge in [0.05, 0.1) is 10.6 Å². The van der Waals surface area contributed by atoms with E-state index in [1.165, 1.54) is 12.1 Å². The maximum atomic E-state index is 10.7. The number of nitrogens with one attached hydrogen (secondary N) is 1. The first kappa shape index (κ1) is 17.1. The van der Waals surface area contributed by atoms with Crippen LogP contribution in [0.5, 0.6) is 0 Å². The van der Waals surface area contributed by atoms with Gasteiger partial charge >= 0.3 is 0 Å². The molecule has 2 aromatic rings. The third-order valence-electron chi connectivity index (χ3n) is 3.78. The molecule has 1 heterocycles. The van der Waals surface area contributed by atoms with E-state index in [1.807, 2.05) is 13.2 Å². The fourth-order valence-corrected chi connectivity index (χ4v) is 2.30. The highest BCUT2D eigenvalue weighted by atomic mass is 16.6. The first-order valence-corrected chi connectivity index (χ1v) is 7.68. The van der Waals surface area contributed by atoms with Crippen LogP contribution in [0.3, 0.4) is 0 Å². The zero-order valence-electron chi connectivity index (χ0n) is 13.8. The number of rotatable bonds is 8. The lowest BCUT2D eigenvalue weighted by Crippen LogP contribution is -2.28. The highest BCUT2D eigenvalue weighted by Crippen LogP contribution is 2.24. The molecule has 0 saturated heterocycles. The summed E-state index contributed by atoms with van der Waals surface area (Å²) in [5, 5.41) is 18.6. The SMILES string of the molecule is CCN(C)CCNCc1cn(C)nc1-c1ccc([N+](=O)[O-])cc1. The van der Waals surface area contributed by atoms with Crippen molar-refractivity contribution in [3.05, 3.63) is 46.1 Å². The molecule has 0 fully saturated rings. The lowest BCUT2D eigenvalue weighted by Gasteiger charge is -2.13. The van der Waals surface area contributed by atoms with Crippen LogP contribution in [0.4, 0.5) is 5.69 Å². The third-order valence-corrected chi connectivity index (χ3v) is 3.78. The Labute approximate surface area is 136 Å². The Morgan fingerprint density at radius 3 is 2.65 bits per heavy atom. The maximum Gasteiger partial charge on any atom is 0.269 e. The average molecular weight is 317 g/mol. The molecule has 0 aliphatic heterocycles. The van der Waals surface area contributed by atoms with Crippen molar-refractivity contribution in [2.24, 2.45) is 7.05 Å². The molecule has 0 bridgehead atoms. The second-order valence-corrected chi connectivity index (χ2v) is 5.55. The molecule has 1 aromatic carbocycles. The van der Waals surface area contributed by atoms with E-state index in [2.05, 4.69) is 29.3 Å². The molecule has 0 radical (unpaired) electrons. The zero-order chi connectivity index (χ0) is 16.8. The van der Waals surface area contributed by atoms with Crippen LogP contribution in [0.15, 0.2) is 30.5 Å². The molecule has 23 heavy (non-hydrogen) atoms. The van der Waals surface area contributed by atoms with Crippen LogP contribution in [0, 0.1) is 10.1 Å². The van der Waals surface area contributed by atoms with Gasteiger partial charge < -0.3 is 10.2 Å². The predicted octanol–water partition coefficient (Wildman–Crippen LogP) is 2.04. The van der Waals surface area contributed by atoms with Crippen LogP contribution >= 0.6 is 0 Å². The fraction of sp³-hybridized carbons (Fsp3) is 0.438. The Morgan fingerprint density at radius 1 is 1.35 bits per heavy atom. The highest BCUT2D eigenvalue weighted by molar-refractivity contribution is 5.64. The molecular formula is C16H23N5O2. The second-order valence-electron chi connectivity index (χ2n) is 5.55. The van der Waals surface area contributed by atoms with E-state index in [4.69, 9.17) is 0 Å². The Balaban J connectivity index is 2.06. The fourth-order valence-electron chi connectivity index (χ4n) is 2.30. The van der Waals surface area contributed by atoms with Crippen molar-refractivity contribution in [1.82, 2.24) is 20.0 Å². The number of nitro groups is 1. The molecule has 1 N–H and O–H groups in total.